The monoisotopic (exact) mass is 1410 g/mol. The summed E-state index contributed by atoms with van der Waals surface area (Å²) < 4.78 is 55.3. The first-order chi connectivity index (χ1) is 23.2. The Bertz CT molecular complexity index is 851. The average molecular weight is 1420 g/mol. The summed E-state index contributed by atoms with van der Waals surface area (Å²) in [5.74, 6) is 0. The number of ether oxygens (including phenoxy) is 4. The minimum atomic E-state index is -2.59. The molecule has 2 N–H and O–H groups in total. The van der Waals surface area contributed by atoms with Crippen LogP contribution in [0, 0.1) is 28.4 Å². The molecular formula is C32H80O12Rf2Si8-4. The van der Waals surface area contributed by atoms with Gasteiger partial charge in [-0.15, -0.1) is 13.2 Å². The van der Waals surface area contributed by atoms with Crippen LogP contribution in [0.15, 0.2) is 25.3 Å². The molecule has 0 amide bonds. The van der Waals surface area contributed by atoms with Crippen molar-refractivity contribution >= 4 is 68.0 Å². The Hall–Kier alpha value is -1.26. The van der Waals surface area contributed by atoms with Gasteiger partial charge in [0.15, 0.2) is 16.6 Å². The van der Waals surface area contributed by atoms with Crippen molar-refractivity contribution in [1.82, 2.24) is 0 Å². The average Bonchev–Trinajstić information content (AvgIpc) is 2.85. The minimum absolute atomic E-state index is 0. The molecule has 0 aliphatic heterocycles. The first-order valence-corrected chi connectivity index (χ1v) is 40.8. The Morgan fingerprint density at radius 1 is 0.426 bits per heavy atom. The molecule has 12 nitrogen and oxygen atoms in total. The van der Waals surface area contributed by atoms with Crippen molar-refractivity contribution < 1.29 is 53.2 Å². The smallest absolute Gasteiger partial charge is 0.320 e. The summed E-state index contributed by atoms with van der Waals surface area (Å²) in [6, 6.07) is 2.04. The van der Waals surface area contributed by atoms with Crippen LogP contribution < -0.4 is 0 Å². The zero-order chi connectivity index (χ0) is 42.1. The topological polar surface area (TPSA) is 133 Å². The van der Waals surface area contributed by atoms with Crippen LogP contribution in [0.2, 0.25) is 117 Å². The molecule has 320 valence electrons. The van der Waals surface area contributed by atoms with Crippen molar-refractivity contribution in [3.63, 3.8) is 0 Å². The molecule has 0 spiro atoms. The number of rotatable bonds is 24. The van der Waals surface area contributed by atoms with E-state index >= 15 is 0 Å². The summed E-state index contributed by atoms with van der Waals surface area (Å²) in [7, 11) is -5.08. The maximum absolute atomic E-state index is 9.96. The molecule has 0 aliphatic rings. The Labute approximate surface area is 329 Å². The van der Waals surface area contributed by atoms with E-state index in [1.54, 1.807) is 38.3 Å². The molecule has 0 unspecified atom stereocenters. The van der Waals surface area contributed by atoms with Crippen molar-refractivity contribution in [2.24, 2.45) is 0 Å². The third-order valence-corrected chi connectivity index (χ3v) is 32.9. The minimum Gasteiger partial charge on any atom is -0.555 e. The van der Waals surface area contributed by atoms with Crippen LogP contribution in [0.1, 0.15) is 12.8 Å². The number of hydrogen-bond donors (Lipinski definition) is 2. The molecule has 0 aromatic carbocycles. The summed E-state index contributed by atoms with van der Waals surface area (Å²) in [5, 5.41) is 0. The van der Waals surface area contributed by atoms with E-state index in [9.17, 15) is 9.59 Å². The van der Waals surface area contributed by atoms with Gasteiger partial charge in [0.05, 0.1) is 0 Å². The molecule has 0 fully saturated rings. The van der Waals surface area contributed by atoms with Crippen LogP contribution in [-0.4, -0.2) is 104 Å². The Morgan fingerprint density at radius 2 is 0.667 bits per heavy atom. The van der Waals surface area contributed by atoms with Gasteiger partial charge in [-0.2, -0.15) is 0 Å². The number of hydrogen-bond acceptors (Lipinski definition) is 12. The zero-order valence-electron chi connectivity index (χ0n) is 37.4. The second-order valence-electron chi connectivity index (χ2n) is 16.0. The normalized spacial score (nSPS) is 12.7. The van der Waals surface area contributed by atoms with Gasteiger partial charge >= 0.3 is 51.4 Å². The fraction of sp³-hybridized carbons (Fsp3) is 0.750. The standard InChI is InChI=1S/2C12H33O5Si4.2C4H7O.2Rf/c2*1-14-11-10-12-18(2,3)15-20(6,7)17-21(8,9)16-19(4,5)13;2*1-3-4-5-2;;/h2*13H,1,10-12H2,2-9H3;2*3H,1-2,4H2;;/q4*-1;;. The second-order valence-corrected chi connectivity index (χ2v) is 45.9. The summed E-state index contributed by atoms with van der Waals surface area (Å²) >= 11 is 0. The second kappa shape index (κ2) is 29.9. The van der Waals surface area contributed by atoms with Crippen molar-refractivity contribution in [3.8, 4) is 0 Å². The molecule has 0 bridgehead atoms. The molecule has 0 heterocycles. The Morgan fingerprint density at radius 3 is 0.833 bits per heavy atom. The van der Waals surface area contributed by atoms with E-state index in [0.717, 1.165) is 24.9 Å². The van der Waals surface area contributed by atoms with Gasteiger partial charge in [0.25, 0.3) is 0 Å². The van der Waals surface area contributed by atoms with Crippen LogP contribution in [0.3, 0.4) is 0 Å². The molecule has 0 saturated heterocycles. The van der Waals surface area contributed by atoms with E-state index in [1.807, 2.05) is 26.2 Å². The van der Waals surface area contributed by atoms with Gasteiger partial charge in [0, 0.05) is 26.4 Å². The first kappa shape index (κ1) is 64.6. The van der Waals surface area contributed by atoms with Crippen LogP contribution in [0.5, 0.6) is 0 Å². The van der Waals surface area contributed by atoms with Crippen molar-refractivity contribution in [1.29, 1.82) is 0 Å². The van der Waals surface area contributed by atoms with Crippen molar-refractivity contribution in [3.05, 3.63) is 53.7 Å². The molecule has 0 atom stereocenters. The zero-order valence-corrected chi connectivity index (χ0v) is 58.2. The quantitative estimate of drug-likeness (QED) is 0.0414. The van der Waals surface area contributed by atoms with E-state index in [1.165, 1.54) is 0 Å². The summed E-state index contributed by atoms with van der Waals surface area (Å²) in [6.45, 7) is 41.2. The molecule has 0 saturated carbocycles. The van der Waals surface area contributed by atoms with Gasteiger partial charge in [-0.1, -0.05) is 12.2 Å². The molecule has 0 radical (unpaired) electrons. The van der Waals surface area contributed by atoms with Gasteiger partial charge in [0.1, 0.15) is 0 Å². The van der Waals surface area contributed by atoms with Crippen LogP contribution in [-0.2, 0) is 43.6 Å². The van der Waals surface area contributed by atoms with Gasteiger partial charge in [-0.05, 0) is 130 Å². The Kier molecular flexibility index (Phi) is 35.8. The van der Waals surface area contributed by atoms with Crippen molar-refractivity contribution in [2.45, 2.75) is 130 Å². The molecule has 54 heavy (non-hydrogen) atoms. The maximum Gasteiger partial charge on any atom is 0.320 e. The maximum atomic E-state index is 9.96. The van der Waals surface area contributed by atoms with E-state index in [4.69, 9.17) is 34.2 Å². The summed E-state index contributed by atoms with van der Waals surface area (Å²) in [6.07, 6.45) is 5.21. The predicted molar refractivity (Wildman–Crippen MR) is 235 cm³/mol. The van der Waals surface area contributed by atoms with Gasteiger partial charge < -0.3 is 53.2 Å². The fourth-order valence-corrected chi connectivity index (χ4v) is 40.0. The van der Waals surface area contributed by atoms with Crippen LogP contribution in [0.4, 0.5) is 0 Å². The molecule has 0 aromatic heterocycles. The van der Waals surface area contributed by atoms with Gasteiger partial charge in [0.2, 0.25) is 0 Å². The molecule has 22 heteroatoms. The molecule has 0 aliphatic carbocycles. The Balaban J connectivity index is -0.000000165. The third-order valence-electron chi connectivity index (χ3n) is 5.62. The third kappa shape index (κ3) is 48.8. The SMILES string of the molecule is C=CCO[CH2-].C=CCO[CH2-].[CH2-]OCCC[Si](C)(C)O[Si](C)(C)O[Si](C)(C)O[Si](C)(C)O.[CH2-]OCCC[Si](C)(C)O[Si](C)(C)O[Si](C)(C)O[Si](C)(C)O.[Rf].[Rf]. The largest absolute Gasteiger partial charge is 0.555 e. The summed E-state index contributed by atoms with van der Waals surface area (Å²) in [5.41, 5.74) is 0. The van der Waals surface area contributed by atoms with Gasteiger partial charge in [-0.3, -0.25) is 0 Å². The van der Waals surface area contributed by atoms with E-state index < -0.39 is 68.0 Å². The van der Waals surface area contributed by atoms with Crippen LogP contribution >= 0.6 is 0 Å². The fourth-order valence-electron chi connectivity index (χ4n) is 5.27. The predicted octanol–water partition coefficient (Wildman–Crippen LogP) is 9.04. The van der Waals surface area contributed by atoms with Crippen LogP contribution in [0.25, 0.3) is 0 Å². The molecular weight excluding hydrogens is 1340 g/mol. The molecule has 0 rings (SSSR count). The van der Waals surface area contributed by atoms with E-state index in [2.05, 4.69) is 103 Å². The molecule has 0 aromatic rings. The van der Waals surface area contributed by atoms with E-state index in [-0.39, 0.29) is 0 Å². The van der Waals surface area contributed by atoms with E-state index in [0.29, 0.717) is 26.4 Å². The first-order valence-electron chi connectivity index (χ1n) is 17.5. The van der Waals surface area contributed by atoms with Crippen molar-refractivity contribution in [2.75, 3.05) is 26.4 Å². The van der Waals surface area contributed by atoms with Gasteiger partial charge in [-0.25, -0.2) is 28.4 Å². The summed E-state index contributed by atoms with van der Waals surface area (Å²) in [4.78, 5) is 19.9.